The fourth-order valence-corrected chi connectivity index (χ4v) is 3.23. The number of benzene rings is 1. The average Bonchev–Trinajstić information content (AvgIpc) is 3.07. The summed E-state index contributed by atoms with van der Waals surface area (Å²) < 4.78 is 10.6. The minimum absolute atomic E-state index is 0.0285. The zero-order chi connectivity index (χ0) is 17.1. The van der Waals surface area contributed by atoms with Crippen LogP contribution < -0.4 is 20.1 Å². The van der Waals surface area contributed by atoms with Gasteiger partial charge < -0.3 is 20.1 Å². The molecule has 2 N–H and O–H groups in total. The number of likely N-dealkylation sites (tertiary alicyclic amines) is 1. The molecule has 1 aromatic rings. The number of hydrogen-bond acceptors (Lipinski definition) is 4. The van der Waals surface area contributed by atoms with Crippen LogP contribution in [0.2, 0.25) is 0 Å². The number of methoxy groups -OCH3 is 2. The molecule has 3 atom stereocenters. The van der Waals surface area contributed by atoms with E-state index >= 15 is 0 Å². The van der Waals surface area contributed by atoms with E-state index in [9.17, 15) is 4.79 Å². The fourth-order valence-electron chi connectivity index (χ4n) is 3.23. The second-order valence-electron chi connectivity index (χ2n) is 6.88. The van der Waals surface area contributed by atoms with E-state index in [4.69, 9.17) is 9.47 Å². The molecule has 1 saturated heterocycles. The van der Waals surface area contributed by atoms with Gasteiger partial charge in [0.25, 0.3) is 0 Å². The quantitative estimate of drug-likeness (QED) is 0.836. The SMILES string of the molecule is COc1cc(CN2CC[C@H](NC(=O)N[C@H]3C[C@H]3C)C2)cc(OC)c1. The Bertz CT molecular complexity index is 571. The van der Waals surface area contributed by atoms with Crippen molar-refractivity contribution < 1.29 is 14.3 Å². The van der Waals surface area contributed by atoms with Crippen molar-refractivity contribution in [3.63, 3.8) is 0 Å². The van der Waals surface area contributed by atoms with Crippen molar-refractivity contribution in [1.82, 2.24) is 15.5 Å². The molecule has 0 radical (unpaired) electrons. The molecule has 0 aromatic heterocycles. The highest BCUT2D eigenvalue weighted by Gasteiger charge is 2.34. The number of nitrogens with one attached hydrogen (secondary N) is 2. The standard InChI is InChI=1S/C18H27N3O3/c1-12-6-17(12)20-18(22)19-14-4-5-21(11-14)10-13-7-15(23-2)9-16(8-13)24-3/h7-9,12,14,17H,4-6,10-11H2,1-3H3,(H2,19,20,22)/t12-,14+,17+/m1/s1. The molecule has 2 amide bonds. The van der Waals surface area contributed by atoms with Crippen LogP contribution in [0.3, 0.4) is 0 Å². The molecule has 132 valence electrons. The van der Waals surface area contributed by atoms with Gasteiger partial charge in [-0.05, 0) is 36.5 Å². The number of carbonyl (C=O) groups excluding carboxylic acids is 1. The normalized spacial score (nSPS) is 26.0. The summed E-state index contributed by atoms with van der Waals surface area (Å²) in [5.41, 5.74) is 1.16. The van der Waals surface area contributed by atoms with Gasteiger partial charge in [-0.15, -0.1) is 0 Å². The maximum absolute atomic E-state index is 12.0. The molecule has 2 aliphatic rings. The van der Waals surface area contributed by atoms with Gasteiger partial charge in [-0.1, -0.05) is 6.92 Å². The van der Waals surface area contributed by atoms with E-state index in [0.29, 0.717) is 12.0 Å². The molecule has 1 saturated carbocycles. The molecule has 6 heteroatoms. The molecule has 6 nitrogen and oxygen atoms in total. The predicted octanol–water partition coefficient (Wildman–Crippen LogP) is 1.99. The number of nitrogens with zero attached hydrogens (tertiary/aromatic N) is 1. The summed E-state index contributed by atoms with van der Waals surface area (Å²) in [5.74, 6) is 2.23. The number of carbonyl (C=O) groups is 1. The van der Waals surface area contributed by atoms with Gasteiger partial charge in [-0.25, -0.2) is 4.79 Å². The van der Waals surface area contributed by atoms with Gasteiger partial charge in [-0.3, -0.25) is 4.90 Å². The van der Waals surface area contributed by atoms with Gasteiger partial charge in [0.05, 0.1) is 14.2 Å². The molecule has 3 rings (SSSR count). The number of urea groups is 1. The van der Waals surface area contributed by atoms with Crippen molar-refractivity contribution in [1.29, 1.82) is 0 Å². The Morgan fingerprint density at radius 3 is 2.46 bits per heavy atom. The van der Waals surface area contributed by atoms with Crippen molar-refractivity contribution in [2.45, 2.75) is 38.4 Å². The molecule has 0 bridgehead atoms. The van der Waals surface area contributed by atoms with Crippen LogP contribution in [0.1, 0.15) is 25.3 Å². The average molecular weight is 333 g/mol. The fraction of sp³-hybridized carbons (Fsp3) is 0.611. The lowest BCUT2D eigenvalue weighted by Crippen LogP contribution is -2.44. The van der Waals surface area contributed by atoms with Gasteiger partial charge in [-0.2, -0.15) is 0 Å². The van der Waals surface area contributed by atoms with Crippen molar-refractivity contribution in [2.24, 2.45) is 5.92 Å². The summed E-state index contributed by atoms with van der Waals surface area (Å²) >= 11 is 0. The molecular formula is C18H27N3O3. The predicted molar refractivity (Wildman–Crippen MR) is 92.5 cm³/mol. The largest absolute Gasteiger partial charge is 0.497 e. The van der Waals surface area contributed by atoms with Crippen molar-refractivity contribution in [2.75, 3.05) is 27.3 Å². The van der Waals surface area contributed by atoms with E-state index in [0.717, 1.165) is 49.5 Å². The van der Waals surface area contributed by atoms with Crippen LogP contribution in [-0.2, 0) is 6.54 Å². The summed E-state index contributed by atoms with van der Waals surface area (Å²) in [4.78, 5) is 14.3. The van der Waals surface area contributed by atoms with E-state index in [2.05, 4.69) is 22.5 Å². The first-order chi connectivity index (χ1) is 11.6. The van der Waals surface area contributed by atoms with Gasteiger partial charge in [0.1, 0.15) is 11.5 Å². The lowest BCUT2D eigenvalue weighted by atomic mass is 10.2. The Balaban J connectivity index is 1.49. The molecule has 1 aliphatic heterocycles. The van der Waals surface area contributed by atoms with Crippen molar-refractivity contribution >= 4 is 6.03 Å². The lowest BCUT2D eigenvalue weighted by Gasteiger charge is -2.18. The maximum atomic E-state index is 12.0. The van der Waals surface area contributed by atoms with Crippen LogP contribution in [0.15, 0.2) is 18.2 Å². The van der Waals surface area contributed by atoms with Crippen LogP contribution >= 0.6 is 0 Å². The van der Waals surface area contributed by atoms with Crippen molar-refractivity contribution in [3.05, 3.63) is 23.8 Å². The van der Waals surface area contributed by atoms with Crippen LogP contribution in [0.4, 0.5) is 4.79 Å². The zero-order valence-corrected chi connectivity index (χ0v) is 14.7. The maximum Gasteiger partial charge on any atom is 0.315 e. The first kappa shape index (κ1) is 16.9. The highest BCUT2D eigenvalue weighted by atomic mass is 16.5. The Morgan fingerprint density at radius 1 is 1.21 bits per heavy atom. The van der Waals surface area contributed by atoms with E-state index in [-0.39, 0.29) is 12.1 Å². The number of rotatable bonds is 6. The van der Waals surface area contributed by atoms with Crippen molar-refractivity contribution in [3.8, 4) is 11.5 Å². The van der Waals surface area contributed by atoms with Gasteiger partial charge in [0.15, 0.2) is 0 Å². The third-order valence-corrected chi connectivity index (χ3v) is 4.85. The molecular weight excluding hydrogens is 306 g/mol. The topological polar surface area (TPSA) is 62.8 Å². The van der Waals surface area contributed by atoms with E-state index < -0.39 is 0 Å². The summed E-state index contributed by atoms with van der Waals surface area (Å²) in [5, 5.41) is 6.11. The third kappa shape index (κ3) is 4.32. The third-order valence-electron chi connectivity index (χ3n) is 4.85. The summed E-state index contributed by atoms with van der Waals surface area (Å²) in [6, 6.07) is 6.49. The molecule has 1 aromatic carbocycles. The second-order valence-corrected chi connectivity index (χ2v) is 6.88. The van der Waals surface area contributed by atoms with E-state index in [1.807, 2.05) is 18.2 Å². The van der Waals surface area contributed by atoms with Crippen LogP contribution in [0.5, 0.6) is 11.5 Å². The Morgan fingerprint density at radius 2 is 1.88 bits per heavy atom. The van der Waals surface area contributed by atoms with Gasteiger partial charge >= 0.3 is 6.03 Å². The first-order valence-corrected chi connectivity index (χ1v) is 8.58. The molecule has 2 fully saturated rings. The molecule has 24 heavy (non-hydrogen) atoms. The Hall–Kier alpha value is -1.95. The van der Waals surface area contributed by atoms with Crippen LogP contribution in [0, 0.1) is 5.92 Å². The molecule has 1 aliphatic carbocycles. The smallest absolute Gasteiger partial charge is 0.315 e. The molecule has 0 unspecified atom stereocenters. The minimum Gasteiger partial charge on any atom is -0.497 e. The summed E-state index contributed by atoms with van der Waals surface area (Å²) in [7, 11) is 3.32. The number of amides is 2. The first-order valence-electron chi connectivity index (χ1n) is 8.58. The summed E-state index contributed by atoms with van der Waals surface area (Å²) in [6.45, 7) is 4.83. The summed E-state index contributed by atoms with van der Waals surface area (Å²) in [6.07, 6.45) is 2.08. The van der Waals surface area contributed by atoms with Gasteiger partial charge in [0, 0.05) is 37.8 Å². The number of ether oxygens (including phenoxy) is 2. The van der Waals surface area contributed by atoms with Crippen LogP contribution in [0.25, 0.3) is 0 Å². The second kappa shape index (κ2) is 7.30. The number of hydrogen-bond donors (Lipinski definition) is 2. The minimum atomic E-state index is -0.0285. The van der Waals surface area contributed by atoms with E-state index in [1.165, 1.54) is 0 Å². The molecule has 1 heterocycles. The van der Waals surface area contributed by atoms with Crippen LogP contribution in [-0.4, -0.2) is 50.3 Å². The Kier molecular flexibility index (Phi) is 5.14. The Labute approximate surface area is 143 Å². The monoisotopic (exact) mass is 333 g/mol. The molecule has 0 spiro atoms. The highest BCUT2D eigenvalue weighted by Crippen LogP contribution is 2.29. The van der Waals surface area contributed by atoms with E-state index in [1.54, 1.807) is 14.2 Å². The highest BCUT2D eigenvalue weighted by molar-refractivity contribution is 5.75. The lowest BCUT2D eigenvalue weighted by molar-refractivity contribution is 0.235. The van der Waals surface area contributed by atoms with Gasteiger partial charge in [0.2, 0.25) is 0 Å². The zero-order valence-electron chi connectivity index (χ0n) is 14.7.